The van der Waals surface area contributed by atoms with Crippen molar-refractivity contribution < 1.29 is 5.11 Å². The third-order valence-corrected chi connectivity index (χ3v) is 3.36. The normalized spacial score (nSPS) is 14.7. The molecule has 0 bridgehead atoms. The van der Waals surface area contributed by atoms with Gasteiger partial charge in [-0.1, -0.05) is 68.0 Å². The predicted molar refractivity (Wildman–Crippen MR) is 87.8 cm³/mol. The highest BCUT2D eigenvalue weighted by Gasteiger charge is 2.07. The fourth-order valence-electron chi connectivity index (χ4n) is 1.93. The van der Waals surface area contributed by atoms with Crippen molar-refractivity contribution in [1.82, 2.24) is 0 Å². The fourth-order valence-corrected chi connectivity index (χ4v) is 1.93. The predicted octanol–water partition coefficient (Wildman–Crippen LogP) is 5.05. The summed E-state index contributed by atoms with van der Waals surface area (Å²) in [5.41, 5.74) is 4.48. The minimum Gasteiger partial charge on any atom is -0.384 e. The number of aliphatic hydroxyl groups excluding tert-OH is 1. The first-order valence-corrected chi connectivity index (χ1v) is 7.19. The number of aryl methyl sites for hydroxylation is 1. The van der Waals surface area contributed by atoms with Crippen LogP contribution in [-0.2, 0) is 0 Å². The van der Waals surface area contributed by atoms with Crippen LogP contribution < -0.4 is 0 Å². The number of rotatable bonds is 5. The second-order valence-corrected chi connectivity index (χ2v) is 5.63. The summed E-state index contributed by atoms with van der Waals surface area (Å²) < 4.78 is 0. The molecule has 0 aliphatic heterocycles. The zero-order chi connectivity index (χ0) is 15.1. The van der Waals surface area contributed by atoms with Crippen LogP contribution in [0.2, 0.25) is 0 Å². The average molecular weight is 270 g/mol. The van der Waals surface area contributed by atoms with E-state index in [1.54, 1.807) is 0 Å². The third kappa shape index (κ3) is 5.18. The van der Waals surface area contributed by atoms with E-state index >= 15 is 0 Å². The molecule has 108 valence electrons. The lowest BCUT2D eigenvalue weighted by Crippen LogP contribution is -1.98. The Bertz CT molecular complexity index is 519. The molecule has 1 aromatic rings. The smallest absolute Gasteiger partial charge is 0.0977 e. The van der Waals surface area contributed by atoms with E-state index in [9.17, 15) is 5.11 Å². The van der Waals surface area contributed by atoms with Crippen LogP contribution in [-0.4, -0.2) is 5.11 Å². The van der Waals surface area contributed by atoms with Gasteiger partial charge in [0.15, 0.2) is 0 Å². The van der Waals surface area contributed by atoms with E-state index in [1.807, 2.05) is 31.2 Å². The van der Waals surface area contributed by atoms with Gasteiger partial charge in [0.2, 0.25) is 0 Å². The Morgan fingerprint density at radius 2 is 1.85 bits per heavy atom. The molecule has 1 nitrogen and oxygen atoms in total. The largest absolute Gasteiger partial charge is 0.384 e. The number of allylic oxidation sites excluding steroid dienone is 5. The lowest BCUT2D eigenvalue weighted by molar-refractivity contribution is 0.228. The van der Waals surface area contributed by atoms with Crippen molar-refractivity contribution in [2.24, 2.45) is 5.92 Å². The molecule has 0 spiro atoms. The van der Waals surface area contributed by atoms with E-state index in [0.29, 0.717) is 5.92 Å². The summed E-state index contributed by atoms with van der Waals surface area (Å²) >= 11 is 0. The van der Waals surface area contributed by atoms with Crippen LogP contribution in [0.25, 0.3) is 0 Å². The van der Waals surface area contributed by atoms with Crippen LogP contribution in [0.1, 0.15) is 43.6 Å². The van der Waals surface area contributed by atoms with E-state index in [4.69, 9.17) is 0 Å². The Labute approximate surface area is 123 Å². The zero-order valence-electron chi connectivity index (χ0n) is 13.2. The van der Waals surface area contributed by atoms with E-state index in [2.05, 4.69) is 52.0 Å². The van der Waals surface area contributed by atoms with Gasteiger partial charge in [-0.15, -0.1) is 0 Å². The molecule has 0 saturated carbocycles. The summed E-state index contributed by atoms with van der Waals surface area (Å²) in [6.07, 6.45) is 9.54. The molecule has 0 fully saturated rings. The number of hydrogen-bond acceptors (Lipinski definition) is 1. The van der Waals surface area contributed by atoms with Gasteiger partial charge in [-0.2, -0.15) is 0 Å². The first-order chi connectivity index (χ1) is 9.41. The Hall–Kier alpha value is -1.60. The molecule has 1 unspecified atom stereocenters. The average Bonchev–Trinajstić information content (AvgIpc) is 2.38. The maximum Gasteiger partial charge on any atom is 0.0977 e. The molecule has 1 N–H and O–H groups in total. The molecule has 0 aliphatic carbocycles. The molecule has 0 saturated heterocycles. The summed E-state index contributed by atoms with van der Waals surface area (Å²) in [6, 6.07) is 6.04. The van der Waals surface area contributed by atoms with Crippen molar-refractivity contribution in [2.75, 3.05) is 0 Å². The number of hydrogen-bond donors (Lipinski definition) is 1. The first kappa shape index (κ1) is 16.5. The number of benzene rings is 1. The monoisotopic (exact) mass is 270 g/mol. The van der Waals surface area contributed by atoms with Gasteiger partial charge in [0.25, 0.3) is 0 Å². The molecular formula is C19H26O. The maximum absolute atomic E-state index is 10.3. The van der Waals surface area contributed by atoms with Gasteiger partial charge >= 0.3 is 0 Å². The van der Waals surface area contributed by atoms with Crippen molar-refractivity contribution in [1.29, 1.82) is 0 Å². The minimum absolute atomic E-state index is 0.549. The lowest BCUT2D eigenvalue weighted by Gasteiger charge is -2.11. The summed E-state index contributed by atoms with van der Waals surface area (Å²) in [5.74, 6) is 0.559. The van der Waals surface area contributed by atoms with Crippen LogP contribution >= 0.6 is 0 Å². The Kier molecular flexibility index (Phi) is 6.47. The van der Waals surface area contributed by atoms with Crippen LogP contribution in [0.15, 0.2) is 54.2 Å². The van der Waals surface area contributed by atoms with E-state index in [0.717, 1.165) is 16.7 Å². The number of aliphatic hydroxyl groups is 1. The topological polar surface area (TPSA) is 20.2 Å². The molecule has 1 aromatic carbocycles. The standard InChI is InChI=1S/C19H26O/c1-14(2)8-6-9-15(3)12-13-19(20)18-11-7-10-16(4)17(18)5/h6-14,19-20H,1-5H3. The van der Waals surface area contributed by atoms with Gasteiger partial charge in [0.05, 0.1) is 6.10 Å². The highest BCUT2D eigenvalue weighted by Crippen LogP contribution is 2.21. The summed E-state index contributed by atoms with van der Waals surface area (Å²) in [5, 5.41) is 10.3. The SMILES string of the molecule is CC(C=CC(O)c1cccc(C)c1C)=CC=CC(C)C. The third-order valence-electron chi connectivity index (χ3n) is 3.36. The molecule has 1 heteroatoms. The Morgan fingerprint density at radius 3 is 2.50 bits per heavy atom. The molecule has 0 radical (unpaired) electrons. The highest BCUT2D eigenvalue weighted by atomic mass is 16.3. The van der Waals surface area contributed by atoms with Crippen LogP contribution in [0.5, 0.6) is 0 Å². The van der Waals surface area contributed by atoms with Gasteiger partial charge in [-0.05, 0) is 43.4 Å². The van der Waals surface area contributed by atoms with Crippen molar-refractivity contribution >= 4 is 0 Å². The van der Waals surface area contributed by atoms with Crippen LogP contribution in [0, 0.1) is 19.8 Å². The second kappa shape index (κ2) is 7.86. The van der Waals surface area contributed by atoms with E-state index in [1.165, 1.54) is 5.56 Å². The Morgan fingerprint density at radius 1 is 1.15 bits per heavy atom. The van der Waals surface area contributed by atoms with Gasteiger partial charge < -0.3 is 5.11 Å². The van der Waals surface area contributed by atoms with E-state index < -0.39 is 6.10 Å². The molecule has 1 rings (SSSR count). The summed E-state index contributed by atoms with van der Waals surface area (Å²) in [6.45, 7) is 10.5. The lowest BCUT2D eigenvalue weighted by atomic mass is 9.98. The maximum atomic E-state index is 10.3. The summed E-state index contributed by atoms with van der Waals surface area (Å²) in [4.78, 5) is 0. The zero-order valence-corrected chi connectivity index (χ0v) is 13.2. The summed E-state index contributed by atoms with van der Waals surface area (Å²) in [7, 11) is 0. The molecular weight excluding hydrogens is 244 g/mol. The first-order valence-electron chi connectivity index (χ1n) is 7.19. The fraction of sp³-hybridized carbons (Fsp3) is 0.368. The Balaban J connectivity index is 2.77. The van der Waals surface area contributed by atoms with Gasteiger partial charge in [-0.25, -0.2) is 0 Å². The highest BCUT2D eigenvalue weighted by molar-refractivity contribution is 5.37. The van der Waals surface area contributed by atoms with Gasteiger partial charge in [-0.3, -0.25) is 0 Å². The molecule has 0 aromatic heterocycles. The second-order valence-electron chi connectivity index (χ2n) is 5.63. The molecule has 1 atom stereocenters. The van der Waals surface area contributed by atoms with Crippen LogP contribution in [0.4, 0.5) is 0 Å². The molecule has 20 heavy (non-hydrogen) atoms. The van der Waals surface area contributed by atoms with E-state index in [-0.39, 0.29) is 0 Å². The van der Waals surface area contributed by atoms with Gasteiger partial charge in [0, 0.05) is 0 Å². The minimum atomic E-state index is -0.549. The van der Waals surface area contributed by atoms with Crippen molar-refractivity contribution in [2.45, 2.75) is 40.7 Å². The molecule has 0 aliphatic rings. The van der Waals surface area contributed by atoms with Gasteiger partial charge in [0.1, 0.15) is 0 Å². The van der Waals surface area contributed by atoms with Crippen molar-refractivity contribution in [3.8, 4) is 0 Å². The van der Waals surface area contributed by atoms with Crippen molar-refractivity contribution in [3.05, 3.63) is 70.8 Å². The van der Waals surface area contributed by atoms with Crippen LogP contribution in [0.3, 0.4) is 0 Å². The van der Waals surface area contributed by atoms with Crippen molar-refractivity contribution in [3.63, 3.8) is 0 Å². The quantitative estimate of drug-likeness (QED) is 0.742. The molecule has 0 heterocycles. The molecule has 0 amide bonds.